The Morgan fingerprint density at radius 1 is 0.953 bits per heavy atom. The standard InChI is InChI=1S/C23H21F3N8O6S3/c1-2-40-20-12-15(9-10-19(20)27-28-21(35)23(24,25)26)31-42(36,37)17-7-3-5-14(11-17)30-43(38,39)18-8-4-6-16(13-18)34-22(41)29-32-33-34/h3-13,27,30-31H,2H2,1H3,(H,28,35)(H,29,33,41). The van der Waals surface area contributed by atoms with E-state index in [4.69, 9.17) is 17.0 Å². The van der Waals surface area contributed by atoms with Crippen LogP contribution in [0.3, 0.4) is 0 Å². The number of alkyl halides is 3. The highest BCUT2D eigenvalue weighted by molar-refractivity contribution is 7.93. The lowest BCUT2D eigenvalue weighted by Gasteiger charge is -2.16. The van der Waals surface area contributed by atoms with Crippen molar-refractivity contribution in [1.82, 2.24) is 25.6 Å². The van der Waals surface area contributed by atoms with Crippen molar-refractivity contribution in [2.24, 2.45) is 0 Å². The van der Waals surface area contributed by atoms with Crippen LogP contribution >= 0.6 is 12.2 Å². The first-order chi connectivity index (χ1) is 20.2. The van der Waals surface area contributed by atoms with Crippen LogP contribution in [0.1, 0.15) is 6.92 Å². The highest BCUT2D eigenvalue weighted by Gasteiger charge is 2.38. The highest BCUT2D eigenvalue weighted by Crippen LogP contribution is 2.30. The van der Waals surface area contributed by atoms with Crippen molar-refractivity contribution in [2.75, 3.05) is 21.5 Å². The number of halogens is 3. The van der Waals surface area contributed by atoms with Gasteiger partial charge in [-0.25, -0.2) is 21.5 Å². The summed E-state index contributed by atoms with van der Waals surface area (Å²) in [6, 6.07) is 14.2. The maximum Gasteiger partial charge on any atom is 0.472 e. The number of aromatic amines is 1. The quantitative estimate of drug-likeness (QED) is 0.118. The molecule has 0 fully saturated rings. The smallest absolute Gasteiger partial charge is 0.472 e. The maximum atomic E-state index is 13.1. The van der Waals surface area contributed by atoms with Crippen molar-refractivity contribution in [2.45, 2.75) is 22.9 Å². The second-order valence-corrected chi connectivity index (χ2v) is 12.1. The Hall–Kier alpha value is -4.69. The Morgan fingerprint density at radius 3 is 2.19 bits per heavy atom. The number of aromatic nitrogens is 4. The predicted molar refractivity (Wildman–Crippen MR) is 150 cm³/mol. The number of carbonyl (C=O) groups excluding carboxylic acids is 1. The number of anilines is 3. The van der Waals surface area contributed by atoms with E-state index in [0.29, 0.717) is 5.69 Å². The van der Waals surface area contributed by atoms with Gasteiger partial charge in [0.25, 0.3) is 20.0 Å². The van der Waals surface area contributed by atoms with Gasteiger partial charge in [0.05, 0.1) is 39.1 Å². The van der Waals surface area contributed by atoms with E-state index < -0.39 is 32.1 Å². The zero-order valence-electron chi connectivity index (χ0n) is 21.7. The van der Waals surface area contributed by atoms with Crippen molar-refractivity contribution in [3.8, 4) is 11.4 Å². The number of ether oxygens (including phenoxy) is 1. The molecule has 0 aliphatic heterocycles. The minimum atomic E-state index is -5.13. The van der Waals surface area contributed by atoms with Gasteiger partial charge in [0.15, 0.2) is 0 Å². The molecule has 1 heterocycles. The first-order valence-electron chi connectivity index (χ1n) is 11.9. The van der Waals surface area contributed by atoms with Crippen LogP contribution in [0.5, 0.6) is 5.75 Å². The fourth-order valence-corrected chi connectivity index (χ4v) is 5.84. The fraction of sp³-hybridized carbons (Fsp3) is 0.130. The molecule has 3 aromatic carbocycles. The Kier molecular flexibility index (Phi) is 8.92. The van der Waals surface area contributed by atoms with E-state index >= 15 is 0 Å². The Bertz CT molecular complexity index is 1930. The summed E-state index contributed by atoms with van der Waals surface area (Å²) >= 11 is 5.03. The molecule has 0 aliphatic rings. The summed E-state index contributed by atoms with van der Waals surface area (Å²) in [5.74, 6) is -2.32. The average Bonchev–Trinajstić information content (AvgIpc) is 3.37. The SMILES string of the molecule is CCOc1cc(NS(=O)(=O)c2cccc(NS(=O)(=O)c3cccc(-n4[nH]nnc4=S)c3)c2)ccc1NNC(=O)C(F)(F)F. The molecule has 1 aromatic heterocycles. The van der Waals surface area contributed by atoms with Crippen molar-refractivity contribution in [3.05, 3.63) is 71.5 Å². The lowest BCUT2D eigenvalue weighted by atomic mass is 10.2. The summed E-state index contributed by atoms with van der Waals surface area (Å²) in [6.45, 7) is 1.65. The van der Waals surface area contributed by atoms with E-state index in [0.717, 1.165) is 6.07 Å². The van der Waals surface area contributed by atoms with Crippen LogP contribution in [0.25, 0.3) is 5.69 Å². The number of carbonyl (C=O) groups is 1. The van der Waals surface area contributed by atoms with Gasteiger partial charge in [-0.05, 0) is 67.7 Å². The number of hydrogen-bond donors (Lipinski definition) is 5. The number of rotatable bonds is 11. The lowest BCUT2D eigenvalue weighted by molar-refractivity contribution is -0.173. The number of H-pyrrole nitrogens is 1. The monoisotopic (exact) mass is 658 g/mol. The van der Waals surface area contributed by atoms with Crippen LogP contribution in [0.15, 0.2) is 76.5 Å². The lowest BCUT2D eigenvalue weighted by Crippen LogP contribution is -2.40. The predicted octanol–water partition coefficient (Wildman–Crippen LogP) is 3.33. The van der Waals surface area contributed by atoms with Gasteiger partial charge in [-0.2, -0.15) is 18.4 Å². The largest absolute Gasteiger partial charge is 0.492 e. The second kappa shape index (κ2) is 12.3. The Labute approximate surface area is 247 Å². The number of nitrogens with one attached hydrogen (secondary N) is 5. The molecule has 43 heavy (non-hydrogen) atoms. The van der Waals surface area contributed by atoms with Gasteiger partial charge in [0.1, 0.15) is 5.75 Å². The zero-order valence-corrected chi connectivity index (χ0v) is 24.2. The van der Waals surface area contributed by atoms with Crippen LogP contribution in [0.2, 0.25) is 0 Å². The molecular weight excluding hydrogens is 637 g/mol. The highest BCUT2D eigenvalue weighted by atomic mass is 32.2. The maximum absolute atomic E-state index is 13.1. The number of amides is 1. The van der Waals surface area contributed by atoms with Crippen molar-refractivity contribution in [1.29, 1.82) is 0 Å². The number of hydrazine groups is 1. The van der Waals surface area contributed by atoms with Gasteiger partial charge in [0.2, 0.25) is 4.77 Å². The Balaban J connectivity index is 1.53. The van der Waals surface area contributed by atoms with E-state index in [1.165, 1.54) is 64.7 Å². The summed E-state index contributed by atoms with van der Waals surface area (Å²) < 4.78 is 101. The molecule has 4 rings (SSSR count). The van der Waals surface area contributed by atoms with Gasteiger partial charge < -0.3 is 4.74 Å². The van der Waals surface area contributed by atoms with Gasteiger partial charge in [-0.1, -0.05) is 22.4 Å². The minimum Gasteiger partial charge on any atom is -0.492 e. The molecule has 0 atom stereocenters. The Morgan fingerprint density at radius 2 is 1.58 bits per heavy atom. The minimum absolute atomic E-state index is 0.0362. The number of benzene rings is 3. The number of sulfonamides is 2. The molecule has 14 nitrogen and oxygen atoms in total. The third-order valence-corrected chi connectivity index (χ3v) is 8.38. The molecule has 1 amide bonds. The van der Waals surface area contributed by atoms with Crippen LogP contribution < -0.4 is 25.0 Å². The van der Waals surface area contributed by atoms with Crippen LogP contribution in [0.4, 0.5) is 30.2 Å². The van der Waals surface area contributed by atoms with E-state index in [9.17, 15) is 34.8 Å². The number of tetrazole rings is 1. The summed E-state index contributed by atoms with van der Waals surface area (Å²) in [4.78, 5) is 10.6. The molecule has 0 spiro atoms. The van der Waals surface area contributed by atoms with Gasteiger partial charge >= 0.3 is 12.1 Å². The molecule has 5 N–H and O–H groups in total. The van der Waals surface area contributed by atoms with Crippen LogP contribution in [-0.4, -0.2) is 55.7 Å². The van der Waals surface area contributed by atoms with E-state index in [-0.39, 0.29) is 44.0 Å². The molecule has 0 radical (unpaired) electrons. The second-order valence-electron chi connectivity index (χ2n) is 8.38. The van der Waals surface area contributed by atoms with Gasteiger partial charge in [-0.15, -0.1) is 0 Å². The molecular formula is C23H21F3N8O6S3. The van der Waals surface area contributed by atoms with Gasteiger partial charge in [-0.3, -0.25) is 25.1 Å². The molecule has 228 valence electrons. The molecule has 0 saturated heterocycles. The zero-order chi connectivity index (χ0) is 31.4. The van der Waals surface area contributed by atoms with E-state index in [1.807, 2.05) is 0 Å². The van der Waals surface area contributed by atoms with E-state index in [1.54, 1.807) is 13.0 Å². The first kappa shape index (κ1) is 31.3. The summed E-state index contributed by atoms with van der Waals surface area (Å²) in [7, 11) is -8.49. The van der Waals surface area contributed by atoms with Gasteiger partial charge in [0, 0.05) is 6.07 Å². The fourth-order valence-electron chi connectivity index (χ4n) is 3.47. The summed E-state index contributed by atoms with van der Waals surface area (Å²) in [6.07, 6.45) is -5.13. The molecule has 0 unspecified atom stereocenters. The normalized spacial score (nSPS) is 11.9. The summed E-state index contributed by atoms with van der Waals surface area (Å²) in [5, 5.41) is 9.71. The van der Waals surface area contributed by atoms with Crippen molar-refractivity contribution < 1.29 is 39.5 Å². The van der Waals surface area contributed by atoms with E-state index in [2.05, 4.69) is 30.4 Å². The number of nitrogens with zero attached hydrogens (tertiary/aromatic N) is 3. The molecule has 0 aliphatic carbocycles. The van der Waals surface area contributed by atoms with Crippen LogP contribution in [-0.2, 0) is 24.8 Å². The molecule has 20 heteroatoms. The molecule has 0 saturated carbocycles. The molecule has 4 aromatic rings. The van der Waals surface area contributed by atoms with Crippen LogP contribution in [0, 0.1) is 4.77 Å². The third-order valence-electron chi connectivity index (χ3n) is 5.36. The topological polar surface area (TPSA) is 189 Å². The molecule has 0 bridgehead atoms. The first-order valence-corrected chi connectivity index (χ1v) is 15.2. The third kappa shape index (κ3) is 7.59. The van der Waals surface area contributed by atoms with Crippen molar-refractivity contribution in [3.63, 3.8) is 0 Å². The van der Waals surface area contributed by atoms with Crippen molar-refractivity contribution >= 4 is 55.2 Å². The summed E-state index contributed by atoms with van der Waals surface area (Å²) in [5.41, 5.74) is 3.72. The number of hydrogen-bond acceptors (Lipinski definition) is 10. The average molecular weight is 659 g/mol.